The van der Waals surface area contributed by atoms with E-state index >= 15 is 0 Å². The van der Waals surface area contributed by atoms with Gasteiger partial charge in [-0.3, -0.25) is 4.79 Å². The van der Waals surface area contributed by atoms with Crippen molar-refractivity contribution < 1.29 is 18.0 Å². The number of carbonyl (C=O) groups is 1. The number of nitrogens with one attached hydrogen (secondary N) is 1. The van der Waals surface area contributed by atoms with Crippen LogP contribution in [-0.4, -0.2) is 36.0 Å². The molecule has 2 bridgehead atoms. The molecular weight excluding hydrogens is 317 g/mol. The second-order valence-corrected chi connectivity index (χ2v) is 6.99. The molecule has 3 nitrogen and oxygen atoms in total. The van der Waals surface area contributed by atoms with E-state index in [2.05, 4.69) is 5.32 Å². The van der Waals surface area contributed by atoms with E-state index in [-0.39, 0.29) is 11.8 Å². The first-order chi connectivity index (χ1) is 11.3. The highest BCUT2D eigenvalue weighted by Crippen LogP contribution is 2.31. The number of halogens is 3. The Hall–Kier alpha value is -1.56. The van der Waals surface area contributed by atoms with Crippen molar-refractivity contribution in [3.63, 3.8) is 0 Å². The summed E-state index contributed by atoms with van der Waals surface area (Å²) in [7, 11) is 0. The van der Waals surface area contributed by atoms with Gasteiger partial charge in [0.05, 0.1) is 5.56 Å². The number of alkyl halides is 3. The largest absolute Gasteiger partial charge is 0.416 e. The lowest BCUT2D eigenvalue weighted by Crippen LogP contribution is -2.39. The third kappa shape index (κ3) is 3.91. The predicted octanol–water partition coefficient (Wildman–Crippen LogP) is 3.55. The fourth-order valence-electron chi connectivity index (χ4n) is 3.68. The standard InChI is InChI=1S/C18H23F3N2O/c1-12(13-2-4-14(5-3-13)18(19,20)21)10-17(24)23-9-8-15-6-7-16(11-23)22-15/h2-5,12,15-16,22H,6-11H2,1H3. The first-order valence-electron chi connectivity index (χ1n) is 8.54. The average molecular weight is 340 g/mol. The summed E-state index contributed by atoms with van der Waals surface area (Å²) in [6.45, 7) is 3.41. The lowest BCUT2D eigenvalue weighted by atomic mass is 9.95. The van der Waals surface area contributed by atoms with E-state index in [0.29, 0.717) is 18.5 Å². The molecule has 2 aliphatic heterocycles. The molecule has 1 aromatic rings. The molecule has 2 saturated heterocycles. The van der Waals surface area contributed by atoms with E-state index in [1.165, 1.54) is 18.6 Å². The van der Waals surface area contributed by atoms with Gasteiger partial charge in [0.25, 0.3) is 0 Å². The zero-order valence-electron chi connectivity index (χ0n) is 13.8. The van der Waals surface area contributed by atoms with Crippen molar-refractivity contribution in [2.45, 2.75) is 56.8 Å². The van der Waals surface area contributed by atoms with Gasteiger partial charge in [-0.25, -0.2) is 0 Å². The van der Waals surface area contributed by atoms with Gasteiger partial charge in [-0.15, -0.1) is 0 Å². The van der Waals surface area contributed by atoms with Crippen LogP contribution < -0.4 is 5.32 Å². The van der Waals surface area contributed by atoms with E-state index in [0.717, 1.165) is 43.6 Å². The van der Waals surface area contributed by atoms with Crippen LogP contribution in [0.1, 0.15) is 49.7 Å². The Balaban J connectivity index is 1.59. The smallest absolute Gasteiger partial charge is 0.341 e. The van der Waals surface area contributed by atoms with Crippen LogP contribution in [0.15, 0.2) is 24.3 Å². The van der Waals surface area contributed by atoms with E-state index < -0.39 is 11.7 Å². The highest BCUT2D eigenvalue weighted by Gasteiger charge is 2.32. The van der Waals surface area contributed by atoms with Gasteiger partial charge >= 0.3 is 6.18 Å². The van der Waals surface area contributed by atoms with Crippen LogP contribution in [0.3, 0.4) is 0 Å². The van der Waals surface area contributed by atoms with Crippen LogP contribution in [-0.2, 0) is 11.0 Å². The molecule has 1 N–H and O–H groups in total. The predicted molar refractivity (Wildman–Crippen MR) is 85.6 cm³/mol. The van der Waals surface area contributed by atoms with Crippen LogP contribution in [0.25, 0.3) is 0 Å². The third-order valence-electron chi connectivity index (χ3n) is 5.16. The van der Waals surface area contributed by atoms with E-state index in [4.69, 9.17) is 0 Å². The Morgan fingerprint density at radius 1 is 1.21 bits per heavy atom. The lowest BCUT2D eigenvalue weighted by Gasteiger charge is -2.26. The summed E-state index contributed by atoms with van der Waals surface area (Å²) in [5.74, 6) is 0.00457. The van der Waals surface area contributed by atoms with Gasteiger partial charge in [-0.1, -0.05) is 19.1 Å². The molecule has 2 fully saturated rings. The van der Waals surface area contributed by atoms with Crippen LogP contribution in [0, 0.1) is 0 Å². The number of amides is 1. The second-order valence-electron chi connectivity index (χ2n) is 6.99. The molecule has 1 amide bonds. The summed E-state index contributed by atoms with van der Waals surface area (Å²) in [6, 6.07) is 6.05. The Kier molecular flexibility index (Phi) is 4.85. The molecule has 0 saturated carbocycles. The number of hydrogen-bond acceptors (Lipinski definition) is 2. The number of likely N-dealkylation sites (tertiary alicyclic amines) is 1. The van der Waals surface area contributed by atoms with Gasteiger partial charge in [-0.2, -0.15) is 13.2 Å². The summed E-state index contributed by atoms with van der Waals surface area (Å²) in [6.07, 6.45) is -0.701. The van der Waals surface area contributed by atoms with Gasteiger partial charge in [0.2, 0.25) is 5.91 Å². The summed E-state index contributed by atoms with van der Waals surface area (Å²) in [4.78, 5) is 14.5. The molecule has 2 aliphatic rings. The number of rotatable bonds is 3. The van der Waals surface area contributed by atoms with E-state index in [1.54, 1.807) is 0 Å². The summed E-state index contributed by atoms with van der Waals surface area (Å²) >= 11 is 0. The summed E-state index contributed by atoms with van der Waals surface area (Å²) < 4.78 is 37.9. The van der Waals surface area contributed by atoms with E-state index in [1.807, 2.05) is 11.8 Å². The SMILES string of the molecule is CC(CC(=O)N1CCC2CCC(C1)N2)c1ccc(C(F)(F)F)cc1. The third-order valence-corrected chi connectivity index (χ3v) is 5.16. The molecule has 0 radical (unpaired) electrons. The quantitative estimate of drug-likeness (QED) is 0.913. The molecular formula is C18H23F3N2O. The number of nitrogens with zero attached hydrogens (tertiary/aromatic N) is 1. The topological polar surface area (TPSA) is 32.3 Å². The molecule has 132 valence electrons. The molecule has 3 unspecified atom stereocenters. The van der Waals surface area contributed by atoms with Crippen molar-refractivity contribution >= 4 is 5.91 Å². The molecule has 2 heterocycles. The second kappa shape index (κ2) is 6.75. The van der Waals surface area contributed by atoms with Gasteiger partial charge in [0.1, 0.15) is 0 Å². The summed E-state index contributed by atoms with van der Waals surface area (Å²) in [5.41, 5.74) is 0.116. The first-order valence-corrected chi connectivity index (χ1v) is 8.54. The van der Waals surface area contributed by atoms with Crippen LogP contribution in [0.4, 0.5) is 13.2 Å². The van der Waals surface area contributed by atoms with Crippen LogP contribution in [0.2, 0.25) is 0 Å². The lowest BCUT2D eigenvalue weighted by molar-refractivity contribution is -0.137. The molecule has 0 aromatic heterocycles. The highest BCUT2D eigenvalue weighted by molar-refractivity contribution is 5.77. The van der Waals surface area contributed by atoms with Gasteiger partial charge in [0.15, 0.2) is 0 Å². The van der Waals surface area contributed by atoms with Crippen molar-refractivity contribution in [1.82, 2.24) is 10.2 Å². The molecule has 6 heteroatoms. The van der Waals surface area contributed by atoms with Crippen LogP contribution >= 0.6 is 0 Å². The number of hydrogen-bond donors (Lipinski definition) is 1. The minimum absolute atomic E-state index is 0.0896. The maximum absolute atomic E-state index is 12.6. The first kappa shape index (κ1) is 17.3. The fraction of sp³-hybridized carbons (Fsp3) is 0.611. The number of carbonyl (C=O) groups excluding carboxylic acids is 1. The molecule has 0 spiro atoms. The maximum Gasteiger partial charge on any atom is 0.416 e. The zero-order valence-corrected chi connectivity index (χ0v) is 13.8. The molecule has 3 atom stereocenters. The monoisotopic (exact) mass is 340 g/mol. The zero-order chi connectivity index (χ0) is 17.3. The Morgan fingerprint density at radius 3 is 2.54 bits per heavy atom. The van der Waals surface area contributed by atoms with Crippen molar-refractivity contribution in [2.75, 3.05) is 13.1 Å². The maximum atomic E-state index is 12.6. The Bertz CT molecular complexity index is 585. The Labute approximate surface area is 140 Å². The van der Waals surface area contributed by atoms with Crippen molar-refractivity contribution in [3.8, 4) is 0 Å². The van der Waals surface area contributed by atoms with Crippen molar-refractivity contribution in [2.24, 2.45) is 0 Å². The number of fused-ring (bicyclic) bond motifs is 2. The van der Waals surface area contributed by atoms with Crippen molar-refractivity contribution in [3.05, 3.63) is 35.4 Å². The Morgan fingerprint density at radius 2 is 1.88 bits per heavy atom. The van der Waals surface area contributed by atoms with Gasteiger partial charge in [-0.05, 0) is 42.9 Å². The molecule has 1 aromatic carbocycles. The minimum atomic E-state index is -4.32. The van der Waals surface area contributed by atoms with Gasteiger partial charge in [0, 0.05) is 31.6 Å². The highest BCUT2D eigenvalue weighted by atomic mass is 19.4. The van der Waals surface area contributed by atoms with Crippen molar-refractivity contribution in [1.29, 1.82) is 0 Å². The average Bonchev–Trinajstić information content (AvgIpc) is 2.85. The van der Waals surface area contributed by atoms with Crippen LogP contribution in [0.5, 0.6) is 0 Å². The summed E-state index contributed by atoms with van der Waals surface area (Å²) in [5, 5.41) is 3.54. The number of benzene rings is 1. The minimum Gasteiger partial charge on any atom is -0.341 e. The fourth-order valence-corrected chi connectivity index (χ4v) is 3.68. The molecule has 3 rings (SSSR count). The normalized spacial score (nSPS) is 25.4. The van der Waals surface area contributed by atoms with Gasteiger partial charge < -0.3 is 10.2 Å². The molecule has 24 heavy (non-hydrogen) atoms. The van der Waals surface area contributed by atoms with E-state index in [9.17, 15) is 18.0 Å². The molecule has 0 aliphatic carbocycles.